The van der Waals surface area contributed by atoms with Crippen LogP contribution in [0.15, 0.2) is 91.0 Å². The van der Waals surface area contributed by atoms with E-state index >= 15 is 0 Å². The highest BCUT2D eigenvalue weighted by atomic mass is 16.5. The first-order chi connectivity index (χ1) is 20.1. The molecule has 0 radical (unpaired) electrons. The quantitative estimate of drug-likeness (QED) is 0.180. The van der Waals surface area contributed by atoms with Gasteiger partial charge in [0.05, 0.1) is 19.2 Å². The third-order valence-corrected chi connectivity index (χ3v) is 8.28. The number of hydrogen-bond acceptors (Lipinski definition) is 3. The first-order valence-electron chi connectivity index (χ1n) is 15.6. The molecule has 0 bridgehead atoms. The van der Waals surface area contributed by atoms with Gasteiger partial charge in [-0.2, -0.15) is 0 Å². The van der Waals surface area contributed by atoms with Crippen LogP contribution in [0.25, 0.3) is 0 Å². The number of benzene rings is 4. The Labute approximate surface area is 254 Å². The molecule has 0 aliphatic rings. The van der Waals surface area contributed by atoms with Crippen LogP contribution < -0.4 is 15.4 Å². The molecule has 0 saturated heterocycles. The van der Waals surface area contributed by atoms with E-state index in [0.29, 0.717) is 23.7 Å². The van der Waals surface area contributed by atoms with E-state index in [1.54, 1.807) is 7.11 Å². The van der Waals surface area contributed by atoms with Crippen molar-refractivity contribution in [2.45, 2.75) is 91.1 Å². The lowest BCUT2D eigenvalue weighted by Crippen LogP contribution is -2.28. The van der Waals surface area contributed by atoms with Gasteiger partial charge in [0, 0.05) is 11.4 Å². The van der Waals surface area contributed by atoms with Crippen molar-refractivity contribution in [3.05, 3.63) is 124 Å². The Kier molecular flexibility index (Phi) is 10.4. The normalized spacial score (nSPS) is 13.1. The lowest BCUT2D eigenvalue weighted by molar-refractivity contribution is 0.413. The molecule has 4 aromatic carbocycles. The zero-order valence-electron chi connectivity index (χ0n) is 27.0. The summed E-state index contributed by atoms with van der Waals surface area (Å²) in [7, 11) is 1.76. The summed E-state index contributed by atoms with van der Waals surface area (Å²) in [5.41, 5.74) is 10.2. The molecule has 4 rings (SSSR count). The van der Waals surface area contributed by atoms with Crippen molar-refractivity contribution < 1.29 is 4.74 Å². The summed E-state index contributed by atoms with van der Waals surface area (Å²) in [4.78, 5) is 0. The molecule has 0 aliphatic heterocycles. The molecule has 3 heteroatoms. The standard InChI is InChI=1S/C39H50N2O/c1-25(2)32-21-16-22-33(26(3)4)38(32)40-36(29-17-12-10-13-18-29)37(30-19-14-11-15-20-30)41-39-34(27(5)6)23-31(42-9)24-35(39)28(7)8/h10-28,36-37,40-41H,1-9H3/t36-,37-/m0/s1. The third-order valence-electron chi connectivity index (χ3n) is 8.28. The minimum absolute atomic E-state index is 0.0341. The van der Waals surface area contributed by atoms with Gasteiger partial charge in [-0.3, -0.25) is 0 Å². The molecule has 222 valence electrons. The summed E-state index contributed by atoms with van der Waals surface area (Å²) in [6, 6.07) is 32.9. The van der Waals surface area contributed by atoms with Crippen LogP contribution in [0.2, 0.25) is 0 Å². The highest BCUT2D eigenvalue weighted by Crippen LogP contribution is 2.43. The molecule has 0 aliphatic carbocycles. The van der Waals surface area contributed by atoms with E-state index < -0.39 is 0 Å². The summed E-state index contributed by atoms with van der Waals surface area (Å²) < 4.78 is 5.77. The van der Waals surface area contributed by atoms with Gasteiger partial charge in [0.25, 0.3) is 0 Å². The van der Waals surface area contributed by atoms with Crippen molar-refractivity contribution in [1.29, 1.82) is 0 Å². The Hall–Kier alpha value is -3.72. The smallest absolute Gasteiger partial charge is 0.119 e. The number of rotatable bonds is 12. The Morgan fingerprint density at radius 2 is 0.810 bits per heavy atom. The number of hydrogen-bond donors (Lipinski definition) is 2. The predicted molar refractivity (Wildman–Crippen MR) is 181 cm³/mol. The van der Waals surface area contributed by atoms with Crippen molar-refractivity contribution in [2.75, 3.05) is 17.7 Å². The molecule has 3 nitrogen and oxygen atoms in total. The van der Waals surface area contributed by atoms with Crippen LogP contribution in [0.3, 0.4) is 0 Å². The van der Waals surface area contributed by atoms with Crippen LogP contribution in [0.5, 0.6) is 5.75 Å². The Bertz CT molecular complexity index is 1370. The van der Waals surface area contributed by atoms with Gasteiger partial charge in [0.2, 0.25) is 0 Å². The molecule has 2 N–H and O–H groups in total. The van der Waals surface area contributed by atoms with Crippen LogP contribution in [-0.2, 0) is 0 Å². The second-order valence-corrected chi connectivity index (χ2v) is 12.7. The summed E-state index contributed by atoms with van der Waals surface area (Å²) in [6.45, 7) is 18.2. The Morgan fingerprint density at radius 1 is 0.452 bits per heavy atom. The molecule has 42 heavy (non-hydrogen) atoms. The van der Waals surface area contributed by atoms with Gasteiger partial charge in [-0.25, -0.2) is 0 Å². The van der Waals surface area contributed by atoms with Crippen molar-refractivity contribution in [3.8, 4) is 5.75 Å². The minimum atomic E-state index is -0.0442. The number of methoxy groups -OCH3 is 1. The van der Waals surface area contributed by atoms with E-state index in [4.69, 9.17) is 4.74 Å². The molecule has 0 unspecified atom stereocenters. The van der Waals surface area contributed by atoms with Crippen LogP contribution in [0.4, 0.5) is 11.4 Å². The second-order valence-electron chi connectivity index (χ2n) is 12.7. The number of nitrogens with one attached hydrogen (secondary N) is 2. The van der Waals surface area contributed by atoms with E-state index in [1.807, 2.05) is 0 Å². The molecule has 0 fully saturated rings. The Morgan fingerprint density at radius 3 is 1.14 bits per heavy atom. The van der Waals surface area contributed by atoms with Gasteiger partial charge >= 0.3 is 0 Å². The number of ether oxygens (including phenoxy) is 1. The first-order valence-corrected chi connectivity index (χ1v) is 15.6. The maximum atomic E-state index is 5.77. The van der Waals surface area contributed by atoms with Gasteiger partial charge in [0.15, 0.2) is 0 Å². The molecule has 2 atom stereocenters. The number of anilines is 2. The maximum Gasteiger partial charge on any atom is 0.119 e. The lowest BCUT2D eigenvalue weighted by atomic mass is 9.87. The van der Waals surface area contributed by atoms with E-state index in [9.17, 15) is 0 Å². The van der Waals surface area contributed by atoms with Crippen molar-refractivity contribution >= 4 is 11.4 Å². The monoisotopic (exact) mass is 562 g/mol. The second kappa shape index (κ2) is 14.0. The topological polar surface area (TPSA) is 33.3 Å². The summed E-state index contributed by atoms with van der Waals surface area (Å²) >= 11 is 0. The summed E-state index contributed by atoms with van der Waals surface area (Å²) in [5, 5.41) is 8.29. The molecular weight excluding hydrogens is 512 g/mol. The van der Waals surface area contributed by atoms with Gasteiger partial charge in [-0.15, -0.1) is 0 Å². The van der Waals surface area contributed by atoms with E-state index in [-0.39, 0.29) is 12.1 Å². The molecule has 0 aromatic heterocycles. The van der Waals surface area contributed by atoms with Crippen LogP contribution in [-0.4, -0.2) is 7.11 Å². The van der Waals surface area contributed by atoms with Crippen LogP contribution in [0, 0.1) is 0 Å². The third kappa shape index (κ3) is 7.01. The number of para-hydroxylation sites is 1. The van der Waals surface area contributed by atoms with E-state index in [2.05, 4.69) is 157 Å². The first kappa shape index (κ1) is 31.2. The molecular formula is C39H50N2O. The van der Waals surface area contributed by atoms with Gasteiger partial charge < -0.3 is 15.4 Å². The van der Waals surface area contributed by atoms with Crippen LogP contribution in [0.1, 0.15) is 125 Å². The average molecular weight is 563 g/mol. The fourth-order valence-electron chi connectivity index (χ4n) is 5.92. The molecule has 0 heterocycles. The largest absolute Gasteiger partial charge is 0.497 e. The van der Waals surface area contributed by atoms with Gasteiger partial charge in [-0.1, -0.05) is 134 Å². The Balaban J connectivity index is 1.97. The SMILES string of the molecule is COc1cc(C(C)C)c(N[C@@H](c2ccccc2)[C@@H](Nc2c(C(C)C)cccc2C(C)C)c2ccccc2)c(C(C)C)c1. The van der Waals surface area contributed by atoms with Gasteiger partial charge in [-0.05, 0) is 69.2 Å². The fraction of sp³-hybridized carbons (Fsp3) is 0.385. The maximum absolute atomic E-state index is 5.77. The van der Waals surface area contributed by atoms with Gasteiger partial charge in [0.1, 0.15) is 5.75 Å². The zero-order valence-corrected chi connectivity index (χ0v) is 27.0. The molecule has 0 amide bonds. The van der Waals surface area contributed by atoms with E-state index in [0.717, 1.165) is 5.75 Å². The fourth-order valence-corrected chi connectivity index (χ4v) is 5.92. The molecule has 0 saturated carbocycles. The van der Waals surface area contributed by atoms with Crippen molar-refractivity contribution in [2.24, 2.45) is 0 Å². The molecule has 4 aromatic rings. The zero-order chi connectivity index (χ0) is 30.4. The summed E-state index contributed by atoms with van der Waals surface area (Å²) in [5.74, 6) is 2.36. The van der Waals surface area contributed by atoms with Crippen molar-refractivity contribution in [1.82, 2.24) is 0 Å². The predicted octanol–water partition coefficient (Wildman–Crippen LogP) is 11.2. The highest BCUT2D eigenvalue weighted by molar-refractivity contribution is 5.66. The van der Waals surface area contributed by atoms with Crippen molar-refractivity contribution in [3.63, 3.8) is 0 Å². The minimum Gasteiger partial charge on any atom is -0.497 e. The lowest BCUT2D eigenvalue weighted by Gasteiger charge is -2.35. The summed E-state index contributed by atoms with van der Waals surface area (Å²) in [6.07, 6.45) is 0. The van der Waals surface area contributed by atoms with Crippen LogP contribution >= 0.6 is 0 Å². The van der Waals surface area contributed by atoms with E-state index in [1.165, 1.54) is 44.8 Å². The highest BCUT2D eigenvalue weighted by Gasteiger charge is 2.29. The average Bonchev–Trinajstić information content (AvgIpc) is 2.99. The molecule has 0 spiro atoms.